The van der Waals surface area contributed by atoms with Crippen LogP contribution in [0.4, 0.5) is 4.79 Å². The van der Waals surface area contributed by atoms with Crippen molar-refractivity contribution in [2.24, 2.45) is 11.8 Å². The number of nitrogens with one attached hydrogen (secondary N) is 1. The fourth-order valence-electron chi connectivity index (χ4n) is 2.85. The van der Waals surface area contributed by atoms with Crippen LogP contribution < -0.4 is 5.32 Å². The number of carbonyl (C=O) groups excluding carboxylic acids is 1. The molecule has 1 saturated carbocycles. The van der Waals surface area contributed by atoms with Gasteiger partial charge in [0.25, 0.3) is 0 Å². The summed E-state index contributed by atoms with van der Waals surface area (Å²) in [6, 6.07) is -0.283. The van der Waals surface area contributed by atoms with Crippen LogP contribution in [0.25, 0.3) is 0 Å². The number of hydrogen-bond acceptors (Lipinski definition) is 2. The summed E-state index contributed by atoms with van der Waals surface area (Å²) in [4.78, 5) is 24.4. The first kappa shape index (κ1) is 17.8. The smallest absolute Gasteiger partial charge is 0.323 e. The van der Waals surface area contributed by atoms with Crippen molar-refractivity contribution in [3.8, 4) is 0 Å². The van der Waals surface area contributed by atoms with E-state index in [1.807, 2.05) is 20.8 Å². The Bertz CT molecular complexity index is 355. The number of carboxylic acids is 1. The molecule has 0 aromatic carbocycles. The number of carboxylic acid groups (broad SMARTS) is 1. The average molecular weight is 298 g/mol. The van der Waals surface area contributed by atoms with Gasteiger partial charge < -0.3 is 15.3 Å². The van der Waals surface area contributed by atoms with Gasteiger partial charge in [0.15, 0.2) is 0 Å². The van der Waals surface area contributed by atoms with Crippen LogP contribution >= 0.6 is 0 Å². The molecule has 0 aromatic rings. The standard InChI is InChI=1S/C16H30N2O3/c1-12-5-7-13(8-6-12)9-10-17-15(21)18(11-14(19)20)16(2,3)4/h12-13H,5-11H2,1-4H3,(H,17,21)(H,19,20). The summed E-state index contributed by atoms with van der Waals surface area (Å²) in [6.07, 6.45) is 6.05. The first-order chi connectivity index (χ1) is 9.70. The molecule has 2 amide bonds. The lowest BCUT2D eigenvalue weighted by molar-refractivity contribution is -0.138. The second kappa shape index (κ2) is 7.66. The highest BCUT2D eigenvalue weighted by molar-refractivity contribution is 5.80. The van der Waals surface area contributed by atoms with Gasteiger partial charge in [0.05, 0.1) is 0 Å². The zero-order valence-electron chi connectivity index (χ0n) is 13.8. The molecule has 0 unspecified atom stereocenters. The van der Waals surface area contributed by atoms with Crippen LogP contribution in [0.3, 0.4) is 0 Å². The summed E-state index contributed by atoms with van der Waals surface area (Å²) in [6.45, 7) is 8.19. The summed E-state index contributed by atoms with van der Waals surface area (Å²) in [5.41, 5.74) is -0.497. The normalized spacial score (nSPS) is 22.7. The highest BCUT2D eigenvalue weighted by Gasteiger charge is 2.28. The van der Waals surface area contributed by atoms with Crippen LogP contribution in [-0.2, 0) is 4.79 Å². The number of urea groups is 1. The Morgan fingerprint density at radius 2 is 1.76 bits per heavy atom. The second-order valence-corrected chi connectivity index (χ2v) is 7.30. The van der Waals surface area contributed by atoms with E-state index in [9.17, 15) is 9.59 Å². The Balaban J connectivity index is 2.38. The first-order valence-electron chi connectivity index (χ1n) is 7.97. The van der Waals surface area contributed by atoms with Crippen LogP contribution in [-0.4, -0.2) is 40.6 Å². The number of hydrogen-bond donors (Lipinski definition) is 2. The molecule has 0 aliphatic heterocycles. The Labute approximate surface area is 128 Å². The van der Waals surface area contributed by atoms with E-state index in [2.05, 4.69) is 12.2 Å². The molecule has 1 aliphatic rings. The molecule has 0 radical (unpaired) electrons. The van der Waals surface area contributed by atoms with Crippen molar-refractivity contribution in [2.45, 2.75) is 65.3 Å². The van der Waals surface area contributed by atoms with Gasteiger partial charge in [0.1, 0.15) is 6.54 Å². The van der Waals surface area contributed by atoms with Crippen LogP contribution in [0.2, 0.25) is 0 Å². The molecule has 5 heteroatoms. The van der Waals surface area contributed by atoms with Gasteiger partial charge in [-0.3, -0.25) is 4.79 Å². The van der Waals surface area contributed by atoms with Crippen molar-refractivity contribution in [1.29, 1.82) is 0 Å². The van der Waals surface area contributed by atoms with Gasteiger partial charge in [-0.15, -0.1) is 0 Å². The lowest BCUT2D eigenvalue weighted by atomic mass is 9.81. The van der Waals surface area contributed by atoms with Gasteiger partial charge in [-0.1, -0.05) is 32.6 Å². The average Bonchev–Trinajstić information content (AvgIpc) is 2.36. The van der Waals surface area contributed by atoms with E-state index in [0.717, 1.165) is 12.3 Å². The van der Waals surface area contributed by atoms with Crippen molar-refractivity contribution < 1.29 is 14.7 Å². The Hall–Kier alpha value is -1.26. The number of carbonyl (C=O) groups is 2. The SMILES string of the molecule is CC1CCC(CCNC(=O)N(CC(=O)O)C(C)(C)C)CC1. The minimum absolute atomic E-state index is 0.268. The van der Waals surface area contributed by atoms with E-state index < -0.39 is 11.5 Å². The van der Waals surface area contributed by atoms with Crippen LogP contribution in [0.1, 0.15) is 59.8 Å². The summed E-state index contributed by atoms with van der Waals surface area (Å²) in [7, 11) is 0. The quantitative estimate of drug-likeness (QED) is 0.819. The van der Waals surface area contributed by atoms with Gasteiger partial charge in [0.2, 0.25) is 0 Å². The minimum Gasteiger partial charge on any atom is -0.480 e. The van der Waals surface area contributed by atoms with E-state index in [1.54, 1.807) is 0 Å². The van der Waals surface area contributed by atoms with E-state index in [4.69, 9.17) is 5.11 Å². The van der Waals surface area contributed by atoms with Crippen LogP contribution in [0, 0.1) is 11.8 Å². The minimum atomic E-state index is -0.985. The third kappa shape index (κ3) is 6.36. The Morgan fingerprint density at radius 3 is 2.24 bits per heavy atom. The summed E-state index contributed by atoms with van der Waals surface area (Å²) < 4.78 is 0. The zero-order valence-corrected chi connectivity index (χ0v) is 13.8. The molecule has 21 heavy (non-hydrogen) atoms. The predicted octanol–water partition coefficient (Wildman–Crippen LogP) is 3.10. The number of rotatable bonds is 5. The molecule has 0 saturated heterocycles. The Kier molecular flexibility index (Phi) is 6.49. The van der Waals surface area contributed by atoms with E-state index in [0.29, 0.717) is 12.5 Å². The molecule has 2 N–H and O–H groups in total. The molecule has 0 bridgehead atoms. The molecule has 1 rings (SSSR count). The topological polar surface area (TPSA) is 69.6 Å². The van der Waals surface area contributed by atoms with Crippen molar-refractivity contribution in [3.05, 3.63) is 0 Å². The first-order valence-corrected chi connectivity index (χ1v) is 7.97. The van der Waals surface area contributed by atoms with Gasteiger partial charge in [-0.2, -0.15) is 0 Å². The number of amides is 2. The maximum atomic E-state index is 12.2. The zero-order chi connectivity index (χ0) is 16.0. The molecule has 1 fully saturated rings. The van der Waals surface area contributed by atoms with E-state index >= 15 is 0 Å². The van der Waals surface area contributed by atoms with Gasteiger partial charge in [-0.25, -0.2) is 4.79 Å². The lowest BCUT2D eigenvalue weighted by Crippen LogP contribution is -2.52. The fourth-order valence-corrected chi connectivity index (χ4v) is 2.85. The number of aliphatic carboxylic acids is 1. The van der Waals surface area contributed by atoms with Gasteiger partial charge in [0, 0.05) is 12.1 Å². The Morgan fingerprint density at radius 1 is 1.19 bits per heavy atom. The molecule has 0 aromatic heterocycles. The molecule has 1 aliphatic carbocycles. The van der Waals surface area contributed by atoms with Crippen LogP contribution in [0.5, 0.6) is 0 Å². The van der Waals surface area contributed by atoms with Crippen molar-refractivity contribution in [2.75, 3.05) is 13.1 Å². The molecular formula is C16H30N2O3. The van der Waals surface area contributed by atoms with E-state index in [1.165, 1.54) is 30.6 Å². The van der Waals surface area contributed by atoms with Crippen molar-refractivity contribution in [1.82, 2.24) is 10.2 Å². The highest BCUT2D eigenvalue weighted by atomic mass is 16.4. The monoisotopic (exact) mass is 298 g/mol. The van der Waals surface area contributed by atoms with Gasteiger partial charge in [-0.05, 0) is 39.0 Å². The van der Waals surface area contributed by atoms with Crippen molar-refractivity contribution >= 4 is 12.0 Å². The summed E-state index contributed by atoms with van der Waals surface area (Å²) >= 11 is 0. The summed E-state index contributed by atoms with van der Waals surface area (Å²) in [5.74, 6) is 0.549. The molecule has 0 spiro atoms. The third-order valence-corrected chi connectivity index (χ3v) is 4.31. The molecule has 0 atom stereocenters. The van der Waals surface area contributed by atoms with Crippen LogP contribution in [0.15, 0.2) is 0 Å². The highest BCUT2D eigenvalue weighted by Crippen LogP contribution is 2.29. The van der Waals surface area contributed by atoms with Crippen molar-refractivity contribution in [3.63, 3.8) is 0 Å². The maximum Gasteiger partial charge on any atom is 0.323 e. The molecule has 0 heterocycles. The lowest BCUT2D eigenvalue weighted by Gasteiger charge is -2.34. The molecular weight excluding hydrogens is 268 g/mol. The van der Waals surface area contributed by atoms with Gasteiger partial charge >= 0.3 is 12.0 Å². The molecule has 5 nitrogen and oxygen atoms in total. The molecule has 122 valence electrons. The fraction of sp³-hybridized carbons (Fsp3) is 0.875. The van der Waals surface area contributed by atoms with E-state index in [-0.39, 0.29) is 12.6 Å². The largest absolute Gasteiger partial charge is 0.480 e. The number of nitrogens with zero attached hydrogens (tertiary/aromatic N) is 1. The maximum absolute atomic E-state index is 12.2. The third-order valence-electron chi connectivity index (χ3n) is 4.31. The second-order valence-electron chi connectivity index (χ2n) is 7.30. The predicted molar refractivity (Wildman–Crippen MR) is 83.2 cm³/mol. The summed E-state index contributed by atoms with van der Waals surface area (Å²) in [5, 5.41) is 11.8.